The smallest absolute Gasteiger partial charge is 0.256 e. The molecule has 7 heteroatoms. The summed E-state index contributed by atoms with van der Waals surface area (Å²) in [6.45, 7) is 1.04. The number of hydrogen-bond acceptors (Lipinski definition) is 2. The van der Waals surface area contributed by atoms with E-state index in [2.05, 4.69) is 15.9 Å². The van der Waals surface area contributed by atoms with Gasteiger partial charge in [0.05, 0.1) is 10.6 Å². The van der Waals surface area contributed by atoms with Gasteiger partial charge >= 0.3 is 0 Å². The van der Waals surface area contributed by atoms with Crippen LogP contribution in [0.25, 0.3) is 0 Å². The minimum absolute atomic E-state index is 0. The second kappa shape index (κ2) is 6.19. The van der Waals surface area contributed by atoms with Crippen LogP contribution in [0.3, 0.4) is 0 Å². The van der Waals surface area contributed by atoms with Crippen LogP contribution in [0.2, 0.25) is 5.02 Å². The van der Waals surface area contributed by atoms with E-state index < -0.39 is 5.82 Å². The van der Waals surface area contributed by atoms with E-state index in [9.17, 15) is 9.18 Å². The summed E-state index contributed by atoms with van der Waals surface area (Å²) < 4.78 is 14.2. The molecule has 0 bridgehead atoms. The lowest BCUT2D eigenvalue weighted by atomic mass is 10.2. The molecule has 0 aromatic heterocycles. The zero-order valence-electron chi connectivity index (χ0n) is 9.33. The van der Waals surface area contributed by atoms with Crippen molar-refractivity contribution in [2.45, 2.75) is 12.5 Å². The highest BCUT2D eigenvalue weighted by molar-refractivity contribution is 9.10. The molecule has 100 valence electrons. The summed E-state index contributed by atoms with van der Waals surface area (Å²) in [7, 11) is 0. The van der Waals surface area contributed by atoms with Gasteiger partial charge in [0.2, 0.25) is 0 Å². The second-order valence-corrected chi connectivity index (χ2v) is 5.31. The standard InChI is InChI=1S/C11H11BrClFN2O.ClH/c12-8-3-7(10(14)4-9(8)13)11(17)16-2-1-6(15)5-16;/h3-4,6H,1-2,5,15H2;1H/t6-;/m0./s1. The molecule has 1 aliphatic rings. The number of halogens is 4. The fourth-order valence-electron chi connectivity index (χ4n) is 1.83. The maximum atomic E-state index is 13.6. The third kappa shape index (κ3) is 3.15. The van der Waals surface area contributed by atoms with E-state index in [0.717, 1.165) is 12.5 Å². The number of rotatable bonds is 1. The normalized spacial score (nSPS) is 18.7. The number of carbonyl (C=O) groups is 1. The highest BCUT2D eigenvalue weighted by atomic mass is 79.9. The largest absolute Gasteiger partial charge is 0.337 e. The van der Waals surface area contributed by atoms with E-state index in [0.29, 0.717) is 17.6 Å². The maximum absolute atomic E-state index is 13.6. The third-order valence-corrected chi connectivity index (χ3v) is 3.95. The number of hydrogen-bond donors (Lipinski definition) is 1. The molecule has 0 unspecified atom stereocenters. The first-order chi connectivity index (χ1) is 7.99. The first-order valence-corrected chi connectivity index (χ1v) is 6.35. The Morgan fingerprint density at radius 1 is 1.56 bits per heavy atom. The van der Waals surface area contributed by atoms with Gasteiger partial charge in [0, 0.05) is 23.6 Å². The molecule has 18 heavy (non-hydrogen) atoms. The number of benzene rings is 1. The molecule has 1 heterocycles. The van der Waals surface area contributed by atoms with Gasteiger partial charge in [0.1, 0.15) is 5.82 Å². The molecule has 0 saturated carbocycles. The average Bonchev–Trinajstić information content (AvgIpc) is 2.69. The van der Waals surface area contributed by atoms with Crippen molar-refractivity contribution >= 4 is 45.8 Å². The van der Waals surface area contributed by atoms with Crippen molar-refractivity contribution in [3.8, 4) is 0 Å². The van der Waals surface area contributed by atoms with Gasteiger partial charge in [-0.2, -0.15) is 0 Å². The number of amides is 1. The van der Waals surface area contributed by atoms with Crippen LogP contribution in [0.1, 0.15) is 16.8 Å². The molecule has 0 spiro atoms. The maximum Gasteiger partial charge on any atom is 0.256 e. The Labute approximate surface area is 124 Å². The van der Waals surface area contributed by atoms with Crippen LogP contribution < -0.4 is 5.73 Å². The highest BCUT2D eigenvalue weighted by Gasteiger charge is 2.26. The molecule has 0 radical (unpaired) electrons. The Hall–Kier alpha value is -0.360. The molecular formula is C11H12BrCl2FN2O. The van der Waals surface area contributed by atoms with Gasteiger partial charge in [0.15, 0.2) is 0 Å². The van der Waals surface area contributed by atoms with Gasteiger partial charge in [-0.25, -0.2) is 4.39 Å². The molecule has 1 aromatic rings. The summed E-state index contributed by atoms with van der Waals surface area (Å²) in [6, 6.07) is 2.52. The summed E-state index contributed by atoms with van der Waals surface area (Å²) in [6.07, 6.45) is 0.752. The zero-order chi connectivity index (χ0) is 12.6. The van der Waals surface area contributed by atoms with Crippen LogP contribution in [-0.4, -0.2) is 29.9 Å². The van der Waals surface area contributed by atoms with Gasteiger partial charge in [-0.1, -0.05) is 11.6 Å². The number of likely N-dealkylation sites (tertiary alicyclic amines) is 1. The highest BCUT2D eigenvalue weighted by Crippen LogP contribution is 2.27. The fraction of sp³-hybridized carbons (Fsp3) is 0.364. The van der Waals surface area contributed by atoms with Crippen molar-refractivity contribution in [2.24, 2.45) is 5.73 Å². The van der Waals surface area contributed by atoms with Gasteiger partial charge < -0.3 is 10.6 Å². The van der Waals surface area contributed by atoms with Crippen molar-refractivity contribution in [3.05, 3.63) is 33.0 Å². The molecule has 1 amide bonds. The van der Waals surface area contributed by atoms with E-state index in [-0.39, 0.29) is 34.9 Å². The SMILES string of the molecule is Cl.N[C@H]1CCN(C(=O)c2cc(Br)c(Cl)cc2F)C1. The van der Waals surface area contributed by atoms with E-state index >= 15 is 0 Å². The van der Waals surface area contributed by atoms with Crippen molar-refractivity contribution in [3.63, 3.8) is 0 Å². The van der Waals surface area contributed by atoms with Gasteiger partial charge in [-0.05, 0) is 34.5 Å². The molecule has 3 nitrogen and oxygen atoms in total. The molecular weight excluding hydrogens is 346 g/mol. The average molecular weight is 358 g/mol. The molecule has 2 rings (SSSR count). The number of nitrogens with zero attached hydrogens (tertiary/aromatic N) is 1. The van der Waals surface area contributed by atoms with Crippen molar-refractivity contribution in [2.75, 3.05) is 13.1 Å². The van der Waals surface area contributed by atoms with Crippen LogP contribution in [-0.2, 0) is 0 Å². The minimum atomic E-state index is -0.608. The Kier molecular flexibility index (Phi) is 5.40. The lowest BCUT2D eigenvalue weighted by Crippen LogP contribution is -2.32. The summed E-state index contributed by atoms with van der Waals surface area (Å²) >= 11 is 8.92. The predicted molar refractivity (Wildman–Crippen MR) is 74.9 cm³/mol. The number of nitrogens with two attached hydrogens (primary N) is 1. The third-order valence-electron chi connectivity index (χ3n) is 2.75. The Balaban J connectivity index is 0.00000162. The van der Waals surface area contributed by atoms with Crippen LogP contribution in [0.15, 0.2) is 16.6 Å². The summed E-state index contributed by atoms with van der Waals surface area (Å²) in [5.41, 5.74) is 5.74. The van der Waals surface area contributed by atoms with E-state index in [4.69, 9.17) is 17.3 Å². The molecule has 1 aromatic carbocycles. The van der Waals surface area contributed by atoms with Gasteiger partial charge in [-0.15, -0.1) is 12.4 Å². The lowest BCUT2D eigenvalue weighted by Gasteiger charge is -2.16. The zero-order valence-corrected chi connectivity index (χ0v) is 12.5. The summed E-state index contributed by atoms with van der Waals surface area (Å²) in [5, 5.41) is 0.247. The van der Waals surface area contributed by atoms with E-state index in [1.54, 1.807) is 4.90 Å². The van der Waals surface area contributed by atoms with Crippen LogP contribution in [0.5, 0.6) is 0 Å². The Morgan fingerprint density at radius 3 is 2.78 bits per heavy atom. The van der Waals surface area contributed by atoms with Crippen LogP contribution in [0.4, 0.5) is 4.39 Å². The first kappa shape index (κ1) is 15.7. The summed E-state index contributed by atoms with van der Waals surface area (Å²) in [5.74, 6) is -0.948. The Morgan fingerprint density at radius 2 is 2.22 bits per heavy atom. The number of carbonyl (C=O) groups excluding carboxylic acids is 1. The topological polar surface area (TPSA) is 46.3 Å². The molecule has 1 saturated heterocycles. The minimum Gasteiger partial charge on any atom is -0.337 e. The van der Waals surface area contributed by atoms with Crippen molar-refractivity contribution < 1.29 is 9.18 Å². The van der Waals surface area contributed by atoms with Gasteiger partial charge in [0.25, 0.3) is 5.91 Å². The summed E-state index contributed by atoms with van der Waals surface area (Å²) in [4.78, 5) is 13.6. The quantitative estimate of drug-likeness (QED) is 0.785. The monoisotopic (exact) mass is 356 g/mol. The van der Waals surface area contributed by atoms with E-state index in [1.165, 1.54) is 6.07 Å². The second-order valence-electron chi connectivity index (χ2n) is 4.05. The molecule has 1 fully saturated rings. The van der Waals surface area contributed by atoms with Crippen molar-refractivity contribution in [1.82, 2.24) is 4.90 Å². The van der Waals surface area contributed by atoms with Crippen LogP contribution in [0, 0.1) is 5.82 Å². The molecule has 1 atom stereocenters. The van der Waals surface area contributed by atoms with Crippen LogP contribution >= 0.6 is 39.9 Å². The van der Waals surface area contributed by atoms with Crippen molar-refractivity contribution in [1.29, 1.82) is 0 Å². The molecule has 2 N–H and O–H groups in total. The molecule has 0 aliphatic carbocycles. The molecule has 1 aliphatic heterocycles. The Bertz CT molecular complexity index is 473. The predicted octanol–water partition coefficient (Wildman–Crippen LogP) is 2.84. The van der Waals surface area contributed by atoms with Gasteiger partial charge in [-0.3, -0.25) is 4.79 Å². The lowest BCUT2D eigenvalue weighted by molar-refractivity contribution is 0.0786. The first-order valence-electron chi connectivity index (χ1n) is 5.18. The van der Waals surface area contributed by atoms with E-state index in [1.807, 2.05) is 0 Å². The fourth-order valence-corrected chi connectivity index (χ4v) is 2.32.